The molecule has 8 heteroatoms. The number of carbonyl (C=O) groups is 1. The monoisotopic (exact) mass is 462 g/mol. The van der Waals surface area contributed by atoms with Crippen LogP contribution in [0.3, 0.4) is 0 Å². The first kappa shape index (κ1) is 22.3. The van der Waals surface area contributed by atoms with Crippen molar-refractivity contribution in [2.24, 2.45) is 0 Å². The van der Waals surface area contributed by atoms with Gasteiger partial charge in [0.15, 0.2) is 5.11 Å². The highest BCUT2D eigenvalue weighted by Gasteiger charge is 2.16. The number of carbonyl (C=O) groups excluding carboxylic acids is 1. The van der Waals surface area contributed by atoms with E-state index in [0.717, 1.165) is 16.3 Å². The summed E-state index contributed by atoms with van der Waals surface area (Å²) < 4.78 is 16.5. The third-order valence-corrected chi connectivity index (χ3v) is 5.29. The quantitative estimate of drug-likeness (QED) is 0.357. The van der Waals surface area contributed by atoms with Crippen LogP contribution >= 0.6 is 12.2 Å². The minimum Gasteiger partial charge on any atom is -0.496 e. The minimum absolute atomic E-state index is 0.130. The van der Waals surface area contributed by atoms with Crippen molar-refractivity contribution in [1.82, 2.24) is 5.32 Å². The summed E-state index contributed by atoms with van der Waals surface area (Å²) in [5.74, 6) is 1.65. The first-order chi connectivity index (χ1) is 16.0. The van der Waals surface area contributed by atoms with Gasteiger partial charge >= 0.3 is 0 Å². The number of aliphatic hydroxyl groups is 1. The van der Waals surface area contributed by atoms with E-state index in [0.29, 0.717) is 34.3 Å². The average Bonchev–Trinajstić information content (AvgIpc) is 3.32. The molecule has 7 nitrogen and oxygen atoms in total. The summed E-state index contributed by atoms with van der Waals surface area (Å²) in [5, 5.41) is 16.9. The van der Waals surface area contributed by atoms with Gasteiger partial charge in [-0.3, -0.25) is 10.1 Å². The van der Waals surface area contributed by atoms with Crippen molar-refractivity contribution in [3.05, 3.63) is 78.1 Å². The molecule has 0 aliphatic heterocycles. The van der Waals surface area contributed by atoms with E-state index >= 15 is 0 Å². The fourth-order valence-corrected chi connectivity index (χ4v) is 3.69. The highest BCUT2D eigenvalue weighted by atomic mass is 32.1. The molecule has 0 aliphatic carbocycles. The molecular formula is C25H22N2O5S. The third kappa shape index (κ3) is 4.82. The number of hydrogen-bond acceptors (Lipinski definition) is 6. The number of aliphatic hydroxyl groups excluding tert-OH is 1. The van der Waals surface area contributed by atoms with E-state index in [-0.39, 0.29) is 17.6 Å². The second-order valence-corrected chi connectivity index (χ2v) is 7.56. The number of amides is 1. The Morgan fingerprint density at radius 3 is 2.36 bits per heavy atom. The zero-order valence-corrected chi connectivity index (χ0v) is 18.9. The predicted octanol–water partition coefficient (Wildman–Crippen LogP) is 4.74. The summed E-state index contributed by atoms with van der Waals surface area (Å²) in [6.07, 6.45) is 0. The Hall–Kier alpha value is -3.88. The summed E-state index contributed by atoms with van der Waals surface area (Å²) in [4.78, 5) is 12.9. The number of ether oxygens (including phenoxy) is 2. The number of fused-ring (bicyclic) bond motifs is 1. The summed E-state index contributed by atoms with van der Waals surface area (Å²) in [7, 11) is 3.07. The van der Waals surface area contributed by atoms with Crippen molar-refractivity contribution < 1.29 is 23.8 Å². The van der Waals surface area contributed by atoms with Gasteiger partial charge < -0.3 is 24.3 Å². The van der Waals surface area contributed by atoms with Crippen molar-refractivity contribution in [1.29, 1.82) is 0 Å². The first-order valence-electron chi connectivity index (χ1n) is 10.1. The number of methoxy groups -OCH3 is 2. The lowest BCUT2D eigenvalue weighted by atomic mass is 10.1. The molecule has 0 atom stereocenters. The molecule has 0 saturated carbocycles. The molecule has 0 aliphatic rings. The van der Waals surface area contributed by atoms with Crippen LogP contribution in [0.25, 0.3) is 22.1 Å². The number of nitrogens with one attached hydrogen (secondary N) is 2. The molecule has 3 aromatic carbocycles. The van der Waals surface area contributed by atoms with E-state index in [1.807, 2.05) is 30.3 Å². The maximum absolute atomic E-state index is 12.9. The first-order valence-corrected chi connectivity index (χ1v) is 10.5. The van der Waals surface area contributed by atoms with Crippen LogP contribution in [0.2, 0.25) is 0 Å². The van der Waals surface area contributed by atoms with Gasteiger partial charge in [-0.1, -0.05) is 24.3 Å². The Balaban J connectivity index is 1.50. The van der Waals surface area contributed by atoms with E-state index in [2.05, 4.69) is 10.6 Å². The second-order valence-electron chi connectivity index (χ2n) is 7.15. The van der Waals surface area contributed by atoms with Crippen molar-refractivity contribution >= 4 is 39.7 Å². The van der Waals surface area contributed by atoms with E-state index in [9.17, 15) is 9.90 Å². The van der Waals surface area contributed by atoms with Gasteiger partial charge in [0, 0.05) is 11.8 Å². The molecule has 33 heavy (non-hydrogen) atoms. The molecule has 1 amide bonds. The molecule has 0 spiro atoms. The standard InChI is InChI=1S/C25H22N2O5S/c1-30-22-12-16-6-4-3-5-15(16)11-20(22)24(29)27-25(33)26-17-7-9-19(23(13-17)31-2)21-10-8-18(14-28)32-21/h3-13,28H,14H2,1-2H3,(H2,26,27,29,33). The van der Waals surface area contributed by atoms with Gasteiger partial charge in [0.25, 0.3) is 5.91 Å². The number of thiocarbonyl (C=S) groups is 1. The van der Waals surface area contributed by atoms with Gasteiger partial charge in [-0.25, -0.2) is 0 Å². The molecule has 0 bridgehead atoms. The van der Waals surface area contributed by atoms with Crippen LogP contribution in [0.5, 0.6) is 11.5 Å². The highest BCUT2D eigenvalue weighted by molar-refractivity contribution is 7.80. The number of furan rings is 1. The van der Waals surface area contributed by atoms with Gasteiger partial charge in [-0.15, -0.1) is 0 Å². The van der Waals surface area contributed by atoms with Gasteiger partial charge in [0.1, 0.15) is 29.6 Å². The second kappa shape index (κ2) is 9.72. The molecule has 0 fully saturated rings. The third-order valence-electron chi connectivity index (χ3n) is 5.08. The van der Waals surface area contributed by atoms with E-state index in [4.69, 9.17) is 26.1 Å². The Bertz CT molecular complexity index is 1330. The normalized spacial score (nSPS) is 10.6. The summed E-state index contributed by atoms with van der Waals surface area (Å²) in [6.45, 7) is -0.183. The summed E-state index contributed by atoms with van der Waals surface area (Å²) >= 11 is 5.34. The van der Waals surface area contributed by atoms with Crippen molar-refractivity contribution in [2.45, 2.75) is 6.61 Å². The number of benzene rings is 3. The lowest BCUT2D eigenvalue weighted by molar-refractivity contribution is 0.0975. The highest BCUT2D eigenvalue weighted by Crippen LogP contribution is 2.33. The average molecular weight is 463 g/mol. The molecule has 3 N–H and O–H groups in total. The fourth-order valence-electron chi connectivity index (χ4n) is 3.48. The van der Waals surface area contributed by atoms with Crippen LogP contribution < -0.4 is 20.1 Å². The maximum atomic E-state index is 12.9. The molecular weight excluding hydrogens is 440 g/mol. The van der Waals surface area contributed by atoms with E-state index in [1.54, 1.807) is 43.5 Å². The lowest BCUT2D eigenvalue weighted by Crippen LogP contribution is -2.34. The lowest BCUT2D eigenvalue weighted by Gasteiger charge is -2.14. The summed E-state index contributed by atoms with van der Waals surface area (Å²) in [6, 6.07) is 20.1. The Morgan fingerprint density at radius 1 is 0.970 bits per heavy atom. The molecule has 1 heterocycles. The zero-order valence-electron chi connectivity index (χ0n) is 18.0. The number of rotatable bonds is 6. The van der Waals surface area contributed by atoms with Crippen molar-refractivity contribution in [2.75, 3.05) is 19.5 Å². The van der Waals surface area contributed by atoms with Gasteiger partial charge in [0.2, 0.25) is 0 Å². The van der Waals surface area contributed by atoms with E-state index < -0.39 is 0 Å². The smallest absolute Gasteiger partial charge is 0.261 e. The van der Waals surface area contributed by atoms with Crippen LogP contribution in [0.4, 0.5) is 5.69 Å². The van der Waals surface area contributed by atoms with Crippen LogP contribution in [0.15, 0.2) is 71.1 Å². The largest absolute Gasteiger partial charge is 0.496 e. The van der Waals surface area contributed by atoms with Gasteiger partial charge in [-0.05, 0) is 59.4 Å². The fraction of sp³-hybridized carbons (Fsp3) is 0.120. The SMILES string of the molecule is COc1cc2ccccc2cc1C(=O)NC(=S)Nc1ccc(-c2ccc(CO)o2)c(OC)c1. The van der Waals surface area contributed by atoms with Crippen LogP contribution in [-0.4, -0.2) is 30.3 Å². The predicted molar refractivity (Wildman–Crippen MR) is 131 cm³/mol. The minimum atomic E-state index is -0.384. The van der Waals surface area contributed by atoms with Gasteiger partial charge in [0.05, 0.1) is 25.3 Å². The van der Waals surface area contributed by atoms with Gasteiger partial charge in [-0.2, -0.15) is 0 Å². The molecule has 0 unspecified atom stereocenters. The molecule has 4 aromatic rings. The molecule has 0 radical (unpaired) electrons. The summed E-state index contributed by atoms with van der Waals surface area (Å²) in [5.41, 5.74) is 1.73. The number of anilines is 1. The van der Waals surface area contributed by atoms with Crippen LogP contribution in [-0.2, 0) is 6.61 Å². The Kier molecular flexibility index (Phi) is 6.58. The van der Waals surface area contributed by atoms with Crippen LogP contribution in [0, 0.1) is 0 Å². The molecule has 168 valence electrons. The molecule has 4 rings (SSSR count). The molecule has 1 aromatic heterocycles. The zero-order chi connectivity index (χ0) is 23.4. The number of hydrogen-bond donors (Lipinski definition) is 3. The van der Waals surface area contributed by atoms with Crippen molar-refractivity contribution in [3.8, 4) is 22.8 Å². The topological polar surface area (TPSA) is 93.0 Å². The Labute approximate surface area is 195 Å². The van der Waals surface area contributed by atoms with Crippen LogP contribution in [0.1, 0.15) is 16.1 Å². The Morgan fingerprint density at radius 2 is 1.70 bits per heavy atom. The molecule has 0 saturated heterocycles. The van der Waals surface area contributed by atoms with E-state index in [1.165, 1.54) is 7.11 Å². The van der Waals surface area contributed by atoms with Crippen molar-refractivity contribution in [3.63, 3.8) is 0 Å². The maximum Gasteiger partial charge on any atom is 0.261 e.